The first-order valence-electron chi connectivity index (χ1n) is 12.1. The molecule has 0 aliphatic rings. The van der Waals surface area contributed by atoms with E-state index in [0.717, 1.165) is 39.2 Å². The summed E-state index contributed by atoms with van der Waals surface area (Å²) in [6, 6.07) is 12.3. The molecule has 0 aliphatic heterocycles. The molecule has 2 aromatic rings. The number of carbonyl (C=O) groups is 2. The van der Waals surface area contributed by atoms with Gasteiger partial charge in [-0.3, -0.25) is 13.9 Å². The summed E-state index contributed by atoms with van der Waals surface area (Å²) >= 11 is 0. The van der Waals surface area contributed by atoms with E-state index in [-0.39, 0.29) is 25.0 Å². The Morgan fingerprint density at radius 2 is 1.66 bits per heavy atom. The van der Waals surface area contributed by atoms with Crippen LogP contribution in [0.5, 0.6) is 0 Å². The third-order valence-electron chi connectivity index (χ3n) is 6.28. The Kier molecular flexibility index (Phi) is 9.89. The van der Waals surface area contributed by atoms with E-state index >= 15 is 0 Å². The molecule has 8 heteroatoms. The molecule has 0 saturated carbocycles. The van der Waals surface area contributed by atoms with Gasteiger partial charge in [0.05, 0.1) is 11.9 Å². The van der Waals surface area contributed by atoms with E-state index in [4.69, 9.17) is 0 Å². The Labute approximate surface area is 210 Å². The van der Waals surface area contributed by atoms with Crippen LogP contribution < -0.4 is 9.62 Å². The first kappa shape index (κ1) is 28.4. The molecule has 0 spiro atoms. The molecule has 2 atom stereocenters. The van der Waals surface area contributed by atoms with Crippen molar-refractivity contribution in [1.82, 2.24) is 10.2 Å². The number of hydrogen-bond donors (Lipinski definition) is 1. The second kappa shape index (κ2) is 12.2. The van der Waals surface area contributed by atoms with Crippen LogP contribution in [0.3, 0.4) is 0 Å². The van der Waals surface area contributed by atoms with Crippen molar-refractivity contribution in [1.29, 1.82) is 0 Å². The number of rotatable bonds is 11. The molecular formula is C27H39N3O4S. The minimum atomic E-state index is -3.75. The van der Waals surface area contributed by atoms with Gasteiger partial charge in [-0.15, -0.1) is 0 Å². The normalized spacial score (nSPS) is 13.1. The van der Waals surface area contributed by atoms with Crippen LogP contribution in [0.15, 0.2) is 42.5 Å². The summed E-state index contributed by atoms with van der Waals surface area (Å²) in [5.41, 5.74) is 4.31. The van der Waals surface area contributed by atoms with Gasteiger partial charge in [0.25, 0.3) is 0 Å². The summed E-state index contributed by atoms with van der Waals surface area (Å²) < 4.78 is 26.6. The van der Waals surface area contributed by atoms with Gasteiger partial charge in [0.2, 0.25) is 21.8 Å². The van der Waals surface area contributed by atoms with Crippen LogP contribution in [0.25, 0.3) is 0 Å². The number of sulfonamides is 1. The van der Waals surface area contributed by atoms with Crippen molar-refractivity contribution < 1.29 is 18.0 Å². The fourth-order valence-electron chi connectivity index (χ4n) is 3.86. The van der Waals surface area contributed by atoms with Gasteiger partial charge in [0.1, 0.15) is 12.6 Å². The Bertz CT molecular complexity index is 1150. The van der Waals surface area contributed by atoms with Crippen molar-refractivity contribution in [3.05, 3.63) is 64.7 Å². The number of hydrogen-bond acceptors (Lipinski definition) is 4. The lowest BCUT2D eigenvalue weighted by atomic mass is 10.1. The summed E-state index contributed by atoms with van der Waals surface area (Å²) in [5, 5.41) is 2.98. The first-order valence-corrected chi connectivity index (χ1v) is 13.9. The van der Waals surface area contributed by atoms with Crippen molar-refractivity contribution in [3.63, 3.8) is 0 Å². The molecule has 1 N–H and O–H groups in total. The van der Waals surface area contributed by atoms with Crippen LogP contribution in [0.2, 0.25) is 0 Å². The van der Waals surface area contributed by atoms with Crippen LogP contribution in [0.4, 0.5) is 5.69 Å². The SMILES string of the molecule is CC[C@@H](C)NC(=O)[C@H](CC)N(Cc1cccc(C)c1)C(=O)CN(c1ccc(C)c(C)c1)S(C)(=O)=O. The van der Waals surface area contributed by atoms with Crippen LogP contribution in [-0.4, -0.2) is 50.0 Å². The minimum Gasteiger partial charge on any atom is -0.352 e. The van der Waals surface area contributed by atoms with Gasteiger partial charge in [-0.2, -0.15) is 0 Å². The smallest absolute Gasteiger partial charge is 0.244 e. The Hall–Kier alpha value is -2.87. The first-order chi connectivity index (χ1) is 16.4. The average molecular weight is 502 g/mol. The topological polar surface area (TPSA) is 86.8 Å². The van der Waals surface area contributed by atoms with Gasteiger partial charge in [0, 0.05) is 12.6 Å². The van der Waals surface area contributed by atoms with Gasteiger partial charge in [-0.05, 0) is 69.4 Å². The van der Waals surface area contributed by atoms with Crippen molar-refractivity contribution >= 4 is 27.5 Å². The van der Waals surface area contributed by atoms with Crippen molar-refractivity contribution in [2.75, 3.05) is 17.1 Å². The highest BCUT2D eigenvalue weighted by Crippen LogP contribution is 2.22. The Morgan fingerprint density at radius 3 is 2.20 bits per heavy atom. The zero-order valence-corrected chi connectivity index (χ0v) is 22.8. The lowest BCUT2D eigenvalue weighted by Gasteiger charge is -2.33. The highest BCUT2D eigenvalue weighted by atomic mass is 32.2. The lowest BCUT2D eigenvalue weighted by Crippen LogP contribution is -2.53. The van der Waals surface area contributed by atoms with Crippen LogP contribution in [0.1, 0.15) is 55.9 Å². The van der Waals surface area contributed by atoms with Crippen molar-refractivity contribution in [2.24, 2.45) is 0 Å². The van der Waals surface area contributed by atoms with Gasteiger partial charge in [0.15, 0.2) is 0 Å². The van der Waals surface area contributed by atoms with E-state index in [1.807, 2.05) is 71.9 Å². The number of benzene rings is 2. The number of aryl methyl sites for hydroxylation is 3. The lowest BCUT2D eigenvalue weighted by molar-refractivity contribution is -0.140. The van der Waals surface area contributed by atoms with E-state index in [2.05, 4.69) is 5.32 Å². The molecule has 0 aliphatic carbocycles. The Balaban J connectivity index is 2.46. The number of carbonyl (C=O) groups excluding carboxylic acids is 2. The molecule has 0 fully saturated rings. The van der Waals surface area contributed by atoms with Crippen LogP contribution in [-0.2, 0) is 26.2 Å². The maximum atomic E-state index is 13.7. The van der Waals surface area contributed by atoms with Crippen molar-refractivity contribution in [3.8, 4) is 0 Å². The summed E-state index contributed by atoms with van der Waals surface area (Å²) in [7, 11) is -3.75. The summed E-state index contributed by atoms with van der Waals surface area (Å²) in [5.74, 6) is -0.666. The summed E-state index contributed by atoms with van der Waals surface area (Å²) in [6.07, 6.45) is 2.26. The highest BCUT2D eigenvalue weighted by Gasteiger charge is 2.32. The van der Waals surface area contributed by atoms with E-state index < -0.39 is 22.0 Å². The predicted octanol–water partition coefficient (Wildman–Crippen LogP) is 4.10. The molecular weight excluding hydrogens is 462 g/mol. The summed E-state index contributed by atoms with van der Waals surface area (Å²) in [6.45, 7) is 11.4. The number of nitrogens with one attached hydrogen (secondary N) is 1. The molecule has 0 radical (unpaired) electrons. The molecule has 192 valence electrons. The third-order valence-corrected chi connectivity index (χ3v) is 7.42. The molecule has 0 aromatic heterocycles. The highest BCUT2D eigenvalue weighted by molar-refractivity contribution is 7.92. The standard InChI is InChI=1S/C27H39N3O4S/c1-8-22(6)28-27(32)25(9-2)29(17-23-12-10-11-19(3)15-23)26(31)18-30(35(7,33)34)24-14-13-20(4)21(5)16-24/h10-16,22,25H,8-9,17-18H2,1-7H3,(H,28,32)/t22-,25+/m1/s1. The van der Waals surface area contributed by atoms with Crippen molar-refractivity contribution in [2.45, 2.75) is 73.0 Å². The average Bonchev–Trinajstić information content (AvgIpc) is 2.78. The van der Waals surface area contributed by atoms with Gasteiger partial charge < -0.3 is 10.2 Å². The van der Waals surface area contributed by atoms with E-state index in [9.17, 15) is 18.0 Å². The van der Waals surface area contributed by atoms with Gasteiger partial charge in [-0.25, -0.2) is 8.42 Å². The number of amides is 2. The molecule has 2 rings (SSSR count). The van der Waals surface area contributed by atoms with E-state index in [0.29, 0.717) is 12.1 Å². The molecule has 0 heterocycles. The number of anilines is 1. The van der Waals surface area contributed by atoms with E-state index in [1.165, 1.54) is 4.90 Å². The molecule has 7 nitrogen and oxygen atoms in total. The summed E-state index contributed by atoms with van der Waals surface area (Å²) in [4.78, 5) is 28.4. The predicted molar refractivity (Wildman–Crippen MR) is 142 cm³/mol. The fraction of sp³-hybridized carbons (Fsp3) is 0.481. The maximum Gasteiger partial charge on any atom is 0.244 e. The Morgan fingerprint density at radius 1 is 0.971 bits per heavy atom. The molecule has 0 saturated heterocycles. The second-order valence-electron chi connectivity index (χ2n) is 9.29. The largest absolute Gasteiger partial charge is 0.352 e. The third kappa shape index (κ3) is 7.82. The molecule has 2 amide bonds. The maximum absolute atomic E-state index is 13.7. The molecule has 0 unspecified atom stereocenters. The van der Waals surface area contributed by atoms with Gasteiger partial charge in [-0.1, -0.05) is 49.7 Å². The zero-order chi connectivity index (χ0) is 26.3. The second-order valence-corrected chi connectivity index (χ2v) is 11.2. The quantitative estimate of drug-likeness (QED) is 0.502. The monoisotopic (exact) mass is 501 g/mol. The van der Waals surface area contributed by atoms with E-state index in [1.54, 1.807) is 12.1 Å². The van der Waals surface area contributed by atoms with Crippen LogP contribution in [0, 0.1) is 20.8 Å². The fourth-order valence-corrected chi connectivity index (χ4v) is 4.70. The minimum absolute atomic E-state index is 0.0319. The molecule has 0 bridgehead atoms. The molecule has 35 heavy (non-hydrogen) atoms. The van der Waals surface area contributed by atoms with Crippen LogP contribution >= 0.6 is 0 Å². The number of nitrogens with zero attached hydrogens (tertiary/aromatic N) is 2. The molecule has 2 aromatic carbocycles. The zero-order valence-electron chi connectivity index (χ0n) is 22.0. The van der Waals surface area contributed by atoms with Gasteiger partial charge >= 0.3 is 0 Å².